The van der Waals surface area contributed by atoms with Gasteiger partial charge < -0.3 is 0 Å². The van der Waals surface area contributed by atoms with Crippen LogP contribution >= 0.6 is 11.8 Å². The maximum Gasteiger partial charge on any atom is 0.210 e. The fourth-order valence-electron chi connectivity index (χ4n) is 3.79. The molecule has 0 amide bonds. The van der Waals surface area contributed by atoms with Gasteiger partial charge in [-0.1, -0.05) is 43.2 Å². The van der Waals surface area contributed by atoms with Gasteiger partial charge in [-0.2, -0.15) is 0 Å². The topological polar surface area (TPSA) is 60.7 Å². The average Bonchev–Trinajstić information content (AvgIpc) is 3.28. The molecule has 4 rings (SSSR count). The van der Waals surface area contributed by atoms with E-state index in [-0.39, 0.29) is 5.78 Å². The van der Waals surface area contributed by atoms with Crippen LogP contribution in [0, 0.1) is 0 Å². The Balaban J connectivity index is 1.42. The Hall–Kier alpha value is -1.69. The van der Waals surface area contributed by atoms with Gasteiger partial charge in [0.1, 0.15) is 0 Å². The molecule has 2 aliphatic carbocycles. The van der Waals surface area contributed by atoms with E-state index in [1.165, 1.54) is 48.6 Å². The molecule has 1 aromatic heterocycles. The van der Waals surface area contributed by atoms with Crippen LogP contribution in [0.15, 0.2) is 23.4 Å². The number of carbonyl (C=O) groups excluding carboxylic acids is 1. The molecular weight excluding hydrogens is 320 g/mol. The van der Waals surface area contributed by atoms with Crippen LogP contribution in [0.2, 0.25) is 0 Å². The van der Waals surface area contributed by atoms with Crippen LogP contribution < -0.4 is 0 Å². The monoisotopic (exact) mass is 342 g/mol. The molecule has 0 atom stereocenters. The number of nitrogens with zero attached hydrogens (tertiary/aromatic N) is 4. The van der Waals surface area contributed by atoms with E-state index < -0.39 is 0 Å². The number of tetrazole rings is 1. The van der Waals surface area contributed by atoms with E-state index in [2.05, 4.69) is 27.7 Å². The summed E-state index contributed by atoms with van der Waals surface area (Å²) in [5.41, 5.74) is 3.57. The van der Waals surface area contributed by atoms with Gasteiger partial charge in [0.2, 0.25) is 5.16 Å². The number of hydrogen-bond donors (Lipinski definition) is 0. The van der Waals surface area contributed by atoms with Gasteiger partial charge in [-0.15, -0.1) is 5.10 Å². The Morgan fingerprint density at radius 1 is 1.12 bits per heavy atom. The van der Waals surface area contributed by atoms with Crippen LogP contribution in [0.25, 0.3) is 0 Å². The summed E-state index contributed by atoms with van der Waals surface area (Å²) >= 11 is 1.46. The molecule has 24 heavy (non-hydrogen) atoms. The number of hydrogen-bond acceptors (Lipinski definition) is 5. The van der Waals surface area contributed by atoms with Gasteiger partial charge in [-0.05, 0) is 59.7 Å². The molecule has 0 aliphatic heterocycles. The summed E-state index contributed by atoms with van der Waals surface area (Å²) in [5.74, 6) is 0.555. The number of fused-ring (bicyclic) bond motifs is 1. The zero-order valence-electron chi connectivity index (χ0n) is 13.8. The lowest BCUT2D eigenvalue weighted by Gasteiger charge is -2.21. The van der Waals surface area contributed by atoms with Crippen molar-refractivity contribution in [1.82, 2.24) is 20.2 Å². The molecule has 1 fully saturated rings. The highest BCUT2D eigenvalue weighted by Crippen LogP contribution is 2.30. The lowest BCUT2D eigenvalue weighted by atomic mass is 9.96. The minimum absolute atomic E-state index is 0.160. The number of benzene rings is 1. The standard InChI is InChI=1S/C18H22N4OS/c23-17(15-10-9-13-5-4-6-14(13)11-15)12-24-18-19-20-21-22(18)16-7-2-1-3-8-16/h9-11,16H,1-8,12H2. The first-order valence-corrected chi connectivity index (χ1v) is 9.85. The lowest BCUT2D eigenvalue weighted by molar-refractivity contribution is 0.102. The van der Waals surface area contributed by atoms with Gasteiger partial charge in [-0.25, -0.2) is 4.68 Å². The van der Waals surface area contributed by atoms with E-state index in [1.54, 1.807) is 0 Å². The van der Waals surface area contributed by atoms with Crippen molar-refractivity contribution >= 4 is 17.5 Å². The van der Waals surface area contributed by atoms with Crippen LogP contribution in [-0.4, -0.2) is 31.7 Å². The maximum absolute atomic E-state index is 12.5. The minimum Gasteiger partial charge on any atom is -0.293 e. The molecule has 1 saturated carbocycles. The molecular formula is C18H22N4OS. The molecule has 0 spiro atoms. The van der Waals surface area contributed by atoms with E-state index in [0.717, 1.165) is 36.4 Å². The van der Waals surface area contributed by atoms with Crippen LogP contribution in [0.5, 0.6) is 0 Å². The summed E-state index contributed by atoms with van der Waals surface area (Å²) < 4.78 is 1.93. The number of ketones is 1. The largest absolute Gasteiger partial charge is 0.293 e. The summed E-state index contributed by atoms with van der Waals surface area (Å²) in [6, 6.07) is 6.56. The maximum atomic E-state index is 12.5. The summed E-state index contributed by atoms with van der Waals surface area (Å²) in [5, 5.41) is 12.9. The van der Waals surface area contributed by atoms with Gasteiger partial charge in [0, 0.05) is 5.56 Å². The molecule has 5 nitrogen and oxygen atoms in total. The minimum atomic E-state index is 0.160. The number of Topliss-reactive ketones (excluding diaryl/α,β-unsaturated/α-hetero) is 1. The third kappa shape index (κ3) is 3.24. The SMILES string of the molecule is O=C(CSc1nnnn1C1CCCCC1)c1ccc2c(c1)CCC2. The van der Waals surface area contributed by atoms with Crippen LogP contribution in [0.1, 0.15) is 66.1 Å². The second kappa shape index (κ2) is 7.05. The number of thioether (sulfide) groups is 1. The first kappa shape index (κ1) is 15.8. The molecule has 0 radical (unpaired) electrons. The van der Waals surface area contributed by atoms with Crippen molar-refractivity contribution in [1.29, 1.82) is 0 Å². The van der Waals surface area contributed by atoms with Gasteiger partial charge in [0.25, 0.3) is 0 Å². The summed E-state index contributed by atoms with van der Waals surface area (Å²) in [6.07, 6.45) is 9.51. The molecule has 0 N–H and O–H groups in total. The fraction of sp³-hybridized carbons (Fsp3) is 0.556. The second-order valence-electron chi connectivity index (χ2n) is 6.75. The third-order valence-electron chi connectivity index (χ3n) is 5.14. The highest BCUT2D eigenvalue weighted by atomic mass is 32.2. The zero-order chi connectivity index (χ0) is 16.4. The van der Waals surface area contributed by atoms with E-state index in [4.69, 9.17) is 0 Å². The van der Waals surface area contributed by atoms with Gasteiger partial charge in [-0.3, -0.25) is 4.79 Å². The van der Waals surface area contributed by atoms with E-state index in [1.807, 2.05) is 10.7 Å². The van der Waals surface area contributed by atoms with Crippen molar-refractivity contribution in [3.05, 3.63) is 34.9 Å². The van der Waals surface area contributed by atoms with Crippen molar-refractivity contribution in [2.24, 2.45) is 0 Å². The van der Waals surface area contributed by atoms with Gasteiger partial charge in [0.15, 0.2) is 5.78 Å². The summed E-state index contributed by atoms with van der Waals surface area (Å²) in [6.45, 7) is 0. The Labute approximate surface area is 146 Å². The first-order chi connectivity index (χ1) is 11.8. The molecule has 1 aromatic carbocycles. The Morgan fingerprint density at radius 2 is 1.96 bits per heavy atom. The zero-order valence-corrected chi connectivity index (χ0v) is 14.6. The summed E-state index contributed by atoms with van der Waals surface area (Å²) in [4.78, 5) is 12.5. The first-order valence-electron chi connectivity index (χ1n) is 8.87. The number of aryl methyl sites for hydroxylation is 2. The highest BCUT2D eigenvalue weighted by Gasteiger charge is 2.21. The van der Waals surface area contributed by atoms with Gasteiger partial charge >= 0.3 is 0 Å². The van der Waals surface area contributed by atoms with Crippen LogP contribution in [0.4, 0.5) is 0 Å². The van der Waals surface area contributed by atoms with Crippen molar-refractivity contribution in [3.63, 3.8) is 0 Å². The Bertz CT molecular complexity index is 736. The highest BCUT2D eigenvalue weighted by molar-refractivity contribution is 7.99. The Kier molecular flexibility index (Phi) is 4.65. The Morgan fingerprint density at radius 3 is 2.83 bits per heavy atom. The predicted octanol–water partition coefficient (Wildman–Crippen LogP) is 3.64. The quantitative estimate of drug-likeness (QED) is 0.613. The average molecular weight is 342 g/mol. The van der Waals surface area contributed by atoms with Crippen molar-refractivity contribution in [2.75, 3.05) is 5.75 Å². The molecule has 6 heteroatoms. The number of aromatic nitrogens is 4. The number of rotatable bonds is 5. The second-order valence-corrected chi connectivity index (χ2v) is 7.69. The van der Waals surface area contributed by atoms with Crippen molar-refractivity contribution < 1.29 is 4.79 Å². The third-order valence-corrected chi connectivity index (χ3v) is 6.07. The van der Waals surface area contributed by atoms with Crippen molar-refractivity contribution in [3.8, 4) is 0 Å². The smallest absolute Gasteiger partial charge is 0.210 e. The van der Waals surface area contributed by atoms with Crippen LogP contribution in [0.3, 0.4) is 0 Å². The lowest BCUT2D eigenvalue weighted by Crippen LogP contribution is -2.15. The summed E-state index contributed by atoms with van der Waals surface area (Å²) in [7, 11) is 0. The number of carbonyl (C=O) groups is 1. The molecule has 1 heterocycles. The van der Waals surface area contributed by atoms with Crippen molar-refractivity contribution in [2.45, 2.75) is 62.6 Å². The normalized spacial score (nSPS) is 17.8. The molecule has 2 aliphatic rings. The fourth-order valence-corrected chi connectivity index (χ4v) is 4.63. The molecule has 0 saturated heterocycles. The molecule has 2 aromatic rings. The van der Waals surface area contributed by atoms with E-state index >= 15 is 0 Å². The van der Waals surface area contributed by atoms with E-state index in [9.17, 15) is 4.79 Å². The van der Waals surface area contributed by atoms with Gasteiger partial charge in [0.05, 0.1) is 11.8 Å². The predicted molar refractivity (Wildman–Crippen MR) is 93.5 cm³/mol. The molecule has 126 valence electrons. The van der Waals surface area contributed by atoms with Crippen LogP contribution in [-0.2, 0) is 12.8 Å². The molecule has 0 unspecified atom stereocenters. The molecule has 0 bridgehead atoms. The van der Waals surface area contributed by atoms with E-state index in [0.29, 0.717) is 11.8 Å².